The van der Waals surface area contributed by atoms with E-state index in [2.05, 4.69) is 55.3 Å². The molecule has 2 aromatic rings. The standard InChI is InChI=1S/C30H42N2O4/c1-6-7-11-26(25-10-8-9-12-27(25)32-19-21(2)17-22(3)20-32)31-28(33)18-23-13-15-24(16-14-23)36-30(4,5)29(34)35/h8-10,12-16,21-22,26H,6-7,11,17-20H2,1-5H3,(H,31,33)(H,34,35)/t21-,22+,26?. The number of carbonyl (C=O) groups is 2. The zero-order valence-corrected chi connectivity index (χ0v) is 22.4. The molecule has 0 spiro atoms. The lowest BCUT2D eigenvalue weighted by molar-refractivity contribution is -0.152. The molecule has 0 saturated carbocycles. The maximum absolute atomic E-state index is 13.1. The summed E-state index contributed by atoms with van der Waals surface area (Å²) < 4.78 is 5.57. The van der Waals surface area contributed by atoms with Gasteiger partial charge in [-0.2, -0.15) is 0 Å². The fourth-order valence-electron chi connectivity index (χ4n) is 5.09. The molecular formula is C30H42N2O4. The Morgan fingerprint density at radius 3 is 2.33 bits per heavy atom. The Morgan fingerprint density at radius 1 is 1.08 bits per heavy atom. The molecule has 1 amide bonds. The summed E-state index contributed by atoms with van der Waals surface area (Å²) in [6.07, 6.45) is 4.52. The highest BCUT2D eigenvalue weighted by Crippen LogP contribution is 2.33. The summed E-state index contributed by atoms with van der Waals surface area (Å²) in [6, 6.07) is 15.6. The van der Waals surface area contributed by atoms with Crippen molar-refractivity contribution < 1.29 is 19.4 Å². The van der Waals surface area contributed by atoms with E-state index in [0.29, 0.717) is 17.6 Å². The first kappa shape index (κ1) is 27.6. The van der Waals surface area contributed by atoms with Crippen LogP contribution in [0.15, 0.2) is 48.5 Å². The summed E-state index contributed by atoms with van der Waals surface area (Å²) in [4.78, 5) is 26.9. The van der Waals surface area contributed by atoms with Crippen molar-refractivity contribution in [2.45, 2.75) is 78.4 Å². The predicted molar refractivity (Wildman–Crippen MR) is 144 cm³/mol. The largest absolute Gasteiger partial charge is 0.478 e. The number of carboxylic acid groups (broad SMARTS) is 1. The van der Waals surface area contributed by atoms with Gasteiger partial charge in [0.15, 0.2) is 5.60 Å². The average molecular weight is 495 g/mol. The van der Waals surface area contributed by atoms with Crippen LogP contribution in [0.25, 0.3) is 0 Å². The van der Waals surface area contributed by atoms with Crippen LogP contribution in [0.1, 0.15) is 77.5 Å². The van der Waals surface area contributed by atoms with Gasteiger partial charge in [-0.1, -0.05) is 63.9 Å². The van der Waals surface area contributed by atoms with Crippen LogP contribution in [0.4, 0.5) is 5.69 Å². The molecule has 3 atom stereocenters. The van der Waals surface area contributed by atoms with Gasteiger partial charge < -0.3 is 20.1 Å². The van der Waals surface area contributed by atoms with Gasteiger partial charge in [0.1, 0.15) is 5.75 Å². The third-order valence-electron chi connectivity index (χ3n) is 6.88. The van der Waals surface area contributed by atoms with Crippen molar-refractivity contribution in [2.75, 3.05) is 18.0 Å². The number of carboxylic acids is 1. The van der Waals surface area contributed by atoms with E-state index in [-0.39, 0.29) is 18.4 Å². The number of hydrogen-bond donors (Lipinski definition) is 2. The predicted octanol–water partition coefficient (Wildman–Crippen LogP) is 6.00. The van der Waals surface area contributed by atoms with Gasteiger partial charge in [0.25, 0.3) is 0 Å². The quantitative estimate of drug-likeness (QED) is 0.400. The van der Waals surface area contributed by atoms with Gasteiger partial charge in [-0.25, -0.2) is 4.79 Å². The van der Waals surface area contributed by atoms with Crippen molar-refractivity contribution >= 4 is 17.6 Å². The molecule has 196 valence electrons. The minimum Gasteiger partial charge on any atom is -0.478 e. The van der Waals surface area contributed by atoms with Crippen LogP contribution in [0.3, 0.4) is 0 Å². The van der Waals surface area contributed by atoms with Gasteiger partial charge in [0, 0.05) is 18.8 Å². The second-order valence-electron chi connectivity index (χ2n) is 10.9. The SMILES string of the molecule is CCCCC(NC(=O)Cc1ccc(OC(C)(C)C(=O)O)cc1)c1ccccc1N1C[C@H](C)C[C@H](C)C1. The van der Waals surface area contributed by atoms with Crippen LogP contribution in [-0.2, 0) is 16.0 Å². The Morgan fingerprint density at radius 2 is 1.72 bits per heavy atom. The third kappa shape index (κ3) is 7.49. The van der Waals surface area contributed by atoms with Crippen LogP contribution >= 0.6 is 0 Å². The zero-order chi connectivity index (χ0) is 26.3. The lowest BCUT2D eigenvalue weighted by Gasteiger charge is -2.38. The number of nitrogens with zero attached hydrogens (tertiary/aromatic N) is 1. The number of rotatable bonds is 11. The lowest BCUT2D eigenvalue weighted by atomic mass is 9.90. The number of amides is 1. The highest BCUT2D eigenvalue weighted by molar-refractivity contribution is 5.79. The number of carbonyl (C=O) groups excluding carboxylic acids is 1. The van der Waals surface area contributed by atoms with Crippen LogP contribution in [0.5, 0.6) is 5.75 Å². The molecule has 1 fully saturated rings. The van der Waals surface area contributed by atoms with Crippen molar-refractivity contribution in [3.05, 3.63) is 59.7 Å². The first-order chi connectivity index (χ1) is 17.1. The molecule has 1 unspecified atom stereocenters. The Bertz CT molecular complexity index is 1010. The van der Waals surface area contributed by atoms with E-state index >= 15 is 0 Å². The lowest BCUT2D eigenvalue weighted by Crippen LogP contribution is -2.40. The molecule has 1 heterocycles. The van der Waals surface area contributed by atoms with Gasteiger partial charge in [-0.3, -0.25) is 4.79 Å². The Kier molecular flexibility index (Phi) is 9.41. The second-order valence-corrected chi connectivity index (χ2v) is 10.9. The van der Waals surface area contributed by atoms with Crippen LogP contribution in [-0.4, -0.2) is 35.7 Å². The second kappa shape index (κ2) is 12.3. The number of ether oxygens (including phenoxy) is 1. The zero-order valence-electron chi connectivity index (χ0n) is 22.4. The number of nitrogens with one attached hydrogen (secondary N) is 1. The van der Waals surface area contributed by atoms with E-state index in [1.807, 2.05) is 12.1 Å². The fraction of sp³-hybridized carbons (Fsp3) is 0.533. The average Bonchev–Trinajstić information content (AvgIpc) is 2.82. The van der Waals surface area contributed by atoms with E-state index < -0.39 is 11.6 Å². The van der Waals surface area contributed by atoms with Crippen molar-refractivity contribution in [3.8, 4) is 5.75 Å². The van der Waals surface area contributed by atoms with E-state index in [0.717, 1.165) is 37.9 Å². The van der Waals surface area contributed by atoms with Crippen molar-refractivity contribution in [2.24, 2.45) is 11.8 Å². The summed E-state index contributed by atoms with van der Waals surface area (Å²) in [5, 5.41) is 12.6. The van der Waals surface area contributed by atoms with Crippen molar-refractivity contribution in [3.63, 3.8) is 0 Å². The molecule has 6 nitrogen and oxygen atoms in total. The van der Waals surface area contributed by atoms with Crippen LogP contribution in [0, 0.1) is 11.8 Å². The summed E-state index contributed by atoms with van der Waals surface area (Å²) in [6.45, 7) is 11.9. The van der Waals surface area contributed by atoms with E-state index in [1.54, 1.807) is 12.1 Å². The topological polar surface area (TPSA) is 78.9 Å². The van der Waals surface area contributed by atoms with E-state index in [4.69, 9.17) is 4.74 Å². The third-order valence-corrected chi connectivity index (χ3v) is 6.88. The number of para-hydroxylation sites is 1. The molecular weight excluding hydrogens is 452 g/mol. The van der Waals surface area contributed by atoms with Gasteiger partial charge in [-0.05, 0) is 67.9 Å². The van der Waals surface area contributed by atoms with Crippen molar-refractivity contribution in [1.29, 1.82) is 0 Å². The Hall–Kier alpha value is -3.02. The number of aliphatic carboxylic acids is 1. The molecule has 0 radical (unpaired) electrons. The smallest absolute Gasteiger partial charge is 0.347 e. The maximum Gasteiger partial charge on any atom is 0.347 e. The monoisotopic (exact) mass is 494 g/mol. The van der Waals surface area contributed by atoms with Crippen LogP contribution < -0.4 is 15.0 Å². The highest BCUT2D eigenvalue weighted by atomic mass is 16.5. The fourth-order valence-corrected chi connectivity index (χ4v) is 5.09. The molecule has 0 bridgehead atoms. The molecule has 2 N–H and O–H groups in total. The number of benzene rings is 2. The van der Waals surface area contributed by atoms with Crippen LogP contribution in [0.2, 0.25) is 0 Å². The molecule has 6 heteroatoms. The molecule has 36 heavy (non-hydrogen) atoms. The number of hydrogen-bond acceptors (Lipinski definition) is 4. The molecule has 1 saturated heterocycles. The van der Waals surface area contributed by atoms with E-state index in [9.17, 15) is 14.7 Å². The summed E-state index contributed by atoms with van der Waals surface area (Å²) >= 11 is 0. The molecule has 0 aromatic heterocycles. The summed E-state index contributed by atoms with van der Waals surface area (Å²) in [5.74, 6) is 0.715. The molecule has 1 aliphatic rings. The minimum atomic E-state index is -1.32. The number of anilines is 1. The minimum absolute atomic E-state index is 0.0224. The van der Waals surface area contributed by atoms with Gasteiger partial charge in [-0.15, -0.1) is 0 Å². The van der Waals surface area contributed by atoms with Gasteiger partial charge >= 0.3 is 5.97 Å². The number of piperidine rings is 1. The van der Waals surface area contributed by atoms with Gasteiger partial charge in [0.05, 0.1) is 12.5 Å². The molecule has 1 aliphatic heterocycles. The van der Waals surface area contributed by atoms with E-state index in [1.165, 1.54) is 31.5 Å². The van der Waals surface area contributed by atoms with Crippen molar-refractivity contribution in [1.82, 2.24) is 5.32 Å². The number of unbranched alkanes of at least 4 members (excludes halogenated alkanes) is 1. The Balaban J connectivity index is 1.72. The molecule has 2 aromatic carbocycles. The normalized spacial score (nSPS) is 19.0. The summed E-state index contributed by atoms with van der Waals surface area (Å²) in [7, 11) is 0. The Labute approximate surface area is 216 Å². The highest BCUT2D eigenvalue weighted by Gasteiger charge is 2.29. The molecule has 0 aliphatic carbocycles. The van der Waals surface area contributed by atoms with Gasteiger partial charge in [0.2, 0.25) is 5.91 Å². The first-order valence-electron chi connectivity index (χ1n) is 13.2. The first-order valence-corrected chi connectivity index (χ1v) is 13.2. The molecule has 3 rings (SSSR count). The maximum atomic E-state index is 13.1. The summed E-state index contributed by atoms with van der Waals surface area (Å²) in [5.41, 5.74) is 1.97.